The van der Waals surface area contributed by atoms with E-state index in [1.54, 1.807) is 30.6 Å². The highest BCUT2D eigenvalue weighted by molar-refractivity contribution is 5.75. The van der Waals surface area contributed by atoms with Crippen LogP contribution in [-0.2, 0) is 18.3 Å². The van der Waals surface area contributed by atoms with Gasteiger partial charge in [0.1, 0.15) is 17.9 Å². The third-order valence-electron chi connectivity index (χ3n) is 2.95. The second-order valence-corrected chi connectivity index (χ2v) is 4.63. The maximum Gasteiger partial charge on any atom is 0.223 e. The van der Waals surface area contributed by atoms with Crippen LogP contribution in [0.2, 0.25) is 0 Å². The highest BCUT2D eigenvalue weighted by atomic mass is 16.5. The van der Waals surface area contributed by atoms with Crippen LogP contribution in [0, 0.1) is 0 Å². The number of hydrogen-bond donors (Lipinski definition) is 2. The van der Waals surface area contributed by atoms with Gasteiger partial charge in [0, 0.05) is 25.7 Å². The molecule has 0 spiro atoms. The number of rotatable bonds is 7. The molecule has 1 heterocycles. The average molecular weight is 289 g/mol. The van der Waals surface area contributed by atoms with Gasteiger partial charge in [-0.1, -0.05) is 0 Å². The van der Waals surface area contributed by atoms with Gasteiger partial charge in [-0.15, -0.1) is 10.2 Å². The summed E-state index contributed by atoms with van der Waals surface area (Å²) in [5.74, 6) is 1.50. The maximum atomic E-state index is 11.6. The summed E-state index contributed by atoms with van der Waals surface area (Å²) < 4.78 is 7.29. The number of amides is 1. The number of aryl methyl sites for hydroxylation is 1. The van der Waals surface area contributed by atoms with E-state index in [1.807, 2.05) is 11.6 Å². The van der Waals surface area contributed by atoms with Crippen molar-refractivity contribution < 1.29 is 9.53 Å². The van der Waals surface area contributed by atoms with E-state index in [0.717, 1.165) is 5.82 Å². The van der Waals surface area contributed by atoms with Gasteiger partial charge < -0.3 is 20.4 Å². The van der Waals surface area contributed by atoms with Crippen LogP contribution < -0.4 is 15.8 Å². The fourth-order valence-electron chi connectivity index (χ4n) is 1.76. The van der Waals surface area contributed by atoms with Gasteiger partial charge in [-0.3, -0.25) is 4.79 Å². The third-order valence-corrected chi connectivity index (χ3v) is 2.95. The van der Waals surface area contributed by atoms with Crippen LogP contribution in [0.5, 0.6) is 5.75 Å². The molecule has 0 aliphatic rings. The number of nitrogens with one attached hydrogen (secondary N) is 1. The molecule has 1 aromatic carbocycles. The van der Waals surface area contributed by atoms with Gasteiger partial charge in [0.15, 0.2) is 0 Å². The van der Waals surface area contributed by atoms with Gasteiger partial charge in [0.2, 0.25) is 5.91 Å². The van der Waals surface area contributed by atoms with Crippen LogP contribution in [0.4, 0.5) is 5.69 Å². The molecule has 0 aliphatic heterocycles. The van der Waals surface area contributed by atoms with Crippen molar-refractivity contribution in [2.75, 3.05) is 18.9 Å². The fraction of sp³-hybridized carbons (Fsp3) is 0.357. The predicted molar refractivity (Wildman–Crippen MR) is 78.7 cm³/mol. The molecule has 0 unspecified atom stereocenters. The van der Waals surface area contributed by atoms with Gasteiger partial charge in [-0.05, 0) is 24.3 Å². The molecule has 0 fully saturated rings. The number of nitrogens with two attached hydrogens (primary N) is 1. The van der Waals surface area contributed by atoms with Gasteiger partial charge in [-0.25, -0.2) is 0 Å². The van der Waals surface area contributed by atoms with E-state index in [-0.39, 0.29) is 5.91 Å². The molecule has 2 rings (SSSR count). The number of benzene rings is 1. The second-order valence-electron chi connectivity index (χ2n) is 4.63. The Kier molecular flexibility index (Phi) is 5.14. The van der Waals surface area contributed by atoms with E-state index < -0.39 is 0 Å². The van der Waals surface area contributed by atoms with Crippen molar-refractivity contribution in [3.63, 3.8) is 0 Å². The molecule has 1 aromatic heterocycles. The lowest BCUT2D eigenvalue weighted by Crippen LogP contribution is -2.27. The summed E-state index contributed by atoms with van der Waals surface area (Å²) in [5.41, 5.74) is 6.26. The van der Waals surface area contributed by atoms with Crippen LogP contribution in [0.3, 0.4) is 0 Å². The molecular weight excluding hydrogens is 270 g/mol. The van der Waals surface area contributed by atoms with Crippen molar-refractivity contribution in [2.45, 2.75) is 12.8 Å². The van der Waals surface area contributed by atoms with Crippen LogP contribution in [0.1, 0.15) is 12.2 Å². The smallest absolute Gasteiger partial charge is 0.223 e. The van der Waals surface area contributed by atoms with Crippen LogP contribution in [0.25, 0.3) is 0 Å². The summed E-state index contributed by atoms with van der Waals surface area (Å²) in [6, 6.07) is 7.08. The SMILES string of the molecule is Cn1cnnc1CCNC(=O)CCOc1ccc(N)cc1. The molecule has 0 radical (unpaired) electrons. The first-order chi connectivity index (χ1) is 10.1. The molecule has 1 amide bonds. The lowest BCUT2D eigenvalue weighted by atomic mass is 10.3. The van der Waals surface area contributed by atoms with Crippen molar-refractivity contribution in [3.05, 3.63) is 36.4 Å². The van der Waals surface area contributed by atoms with E-state index >= 15 is 0 Å². The number of nitrogen functional groups attached to an aromatic ring is 1. The Morgan fingerprint density at radius 3 is 2.81 bits per heavy atom. The third kappa shape index (κ3) is 4.79. The lowest BCUT2D eigenvalue weighted by molar-refractivity contribution is -0.121. The number of ether oxygens (including phenoxy) is 1. The monoisotopic (exact) mass is 289 g/mol. The minimum atomic E-state index is -0.0485. The van der Waals surface area contributed by atoms with E-state index in [0.29, 0.717) is 37.4 Å². The van der Waals surface area contributed by atoms with Gasteiger partial charge in [0.25, 0.3) is 0 Å². The summed E-state index contributed by atoms with van der Waals surface area (Å²) >= 11 is 0. The van der Waals surface area contributed by atoms with E-state index in [9.17, 15) is 4.79 Å². The number of hydrogen-bond acceptors (Lipinski definition) is 5. The summed E-state index contributed by atoms with van der Waals surface area (Å²) in [6.07, 6.45) is 2.60. The number of aromatic nitrogens is 3. The molecule has 21 heavy (non-hydrogen) atoms. The predicted octanol–water partition coefficient (Wildman–Crippen LogP) is 0.525. The largest absolute Gasteiger partial charge is 0.493 e. The molecule has 0 bridgehead atoms. The first-order valence-corrected chi connectivity index (χ1v) is 6.73. The zero-order valence-electron chi connectivity index (χ0n) is 12.0. The van der Waals surface area contributed by atoms with Crippen LogP contribution in [0.15, 0.2) is 30.6 Å². The van der Waals surface area contributed by atoms with Crippen LogP contribution in [-0.4, -0.2) is 33.8 Å². The summed E-state index contributed by atoms with van der Waals surface area (Å²) in [5, 5.41) is 10.6. The second kappa shape index (κ2) is 7.28. The van der Waals surface area contributed by atoms with Gasteiger partial charge in [-0.2, -0.15) is 0 Å². The molecule has 7 nitrogen and oxygen atoms in total. The molecule has 0 saturated heterocycles. The number of carbonyl (C=O) groups excluding carboxylic acids is 1. The quantitative estimate of drug-likeness (QED) is 0.725. The molecule has 0 aliphatic carbocycles. The maximum absolute atomic E-state index is 11.6. The van der Waals surface area contributed by atoms with E-state index in [1.165, 1.54) is 0 Å². The van der Waals surface area contributed by atoms with Crippen molar-refractivity contribution >= 4 is 11.6 Å². The summed E-state index contributed by atoms with van der Waals surface area (Å²) in [4.78, 5) is 11.6. The Labute approximate surface area is 123 Å². The molecule has 0 atom stereocenters. The van der Waals surface area contributed by atoms with Crippen LogP contribution >= 0.6 is 0 Å². The average Bonchev–Trinajstić information content (AvgIpc) is 2.87. The Morgan fingerprint density at radius 2 is 2.14 bits per heavy atom. The highest BCUT2D eigenvalue weighted by Crippen LogP contribution is 2.12. The highest BCUT2D eigenvalue weighted by Gasteiger charge is 2.04. The van der Waals surface area contributed by atoms with Gasteiger partial charge in [0.05, 0.1) is 13.0 Å². The first-order valence-electron chi connectivity index (χ1n) is 6.73. The Hall–Kier alpha value is -2.57. The molecule has 3 N–H and O–H groups in total. The Morgan fingerprint density at radius 1 is 1.38 bits per heavy atom. The lowest BCUT2D eigenvalue weighted by Gasteiger charge is -2.07. The number of nitrogens with zero attached hydrogens (tertiary/aromatic N) is 3. The fourth-order valence-corrected chi connectivity index (χ4v) is 1.76. The summed E-state index contributed by atoms with van der Waals surface area (Å²) in [7, 11) is 1.87. The Bertz CT molecular complexity index is 579. The Balaban J connectivity index is 1.61. The molecule has 0 saturated carbocycles. The summed E-state index contributed by atoms with van der Waals surface area (Å²) in [6.45, 7) is 0.868. The zero-order valence-corrected chi connectivity index (χ0v) is 12.0. The first kappa shape index (κ1) is 14.8. The number of carbonyl (C=O) groups is 1. The standard InChI is InChI=1S/C14H19N5O2/c1-19-10-17-18-13(19)6-8-16-14(20)7-9-21-12-4-2-11(15)3-5-12/h2-5,10H,6-9,15H2,1H3,(H,16,20). The molecule has 2 aromatic rings. The van der Waals surface area contributed by atoms with Crippen molar-refractivity contribution in [1.29, 1.82) is 0 Å². The van der Waals surface area contributed by atoms with Crippen molar-refractivity contribution in [1.82, 2.24) is 20.1 Å². The van der Waals surface area contributed by atoms with E-state index in [4.69, 9.17) is 10.5 Å². The van der Waals surface area contributed by atoms with E-state index in [2.05, 4.69) is 15.5 Å². The molecule has 7 heteroatoms. The minimum Gasteiger partial charge on any atom is -0.493 e. The minimum absolute atomic E-state index is 0.0485. The topological polar surface area (TPSA) is 95.1 Å². The normalized spacial score (nSPS) is 10.3. The number of anilines is 1. The molecular formula is C14H19N5O2. The van der Waals surface area contributed by atoms with Crippen molar-refractivity contribution in [3.8, 4) is 5.75 Å². The van der Waals surface area contributed by atoms with Crippen molar-refractivity contribution in [2.24, 2.45) is 7.05 Å². The van der Waals surface area contributed by atoms with Gasteiger partial charge >= 0.3 is 0 Å². The zero-order chi connectivity index (χ0) is 15.1. The molecule has 112 valence electrons.